The molecular formula is C9H11N3O2. The number of ether oxygens (including phenoxy) is 1. The molecule has 2 heterocycles. The predicted octanol–water partition coefficient (Wildman–Crippen LogP) is 0.134. The lowest BCUT2D eigenvalue weighted by Gasteiger charge is -2.09. The molecule has 1 unspecified atom stereocenters. The van der Waals surface area contributed by atoms with Crippen molar-refractivity contribution in [1.29, 1.82) is 0 Å². The van der Waals surface area contributed by atoms with Gasteiger partial charge in [-0.25, -0.2) is 9.97 Å². The lowest BCUT2D eigenvalue weighted by molar-refractivity contribution is -0.119. The van der Waals surface area contributed by atoms with E-state index in [0.29, 0.717) is 19.0 Å². The third kappa shape index (κ3) is 2.18. The Hall–Kier alpha value is -1.65. The smallest absolute Gasteiger partial charge is 0.316 e. The van der Waals surface area contributed by atoms with E-state index in [1.54, 1.807) is 18.5 Å². The zero-order valence-corrected chi connectivity index (χ0v) is 7.64. The lowest BCUT2D eigenvalue weighted by Crippen LogP contribution is -2.31. The average molecular weight is 193 g/mol. The van der Waals surface area contributed by atoms with E-state index in [-0.39, 0.29) is 11.9 Å². The maximum atomic E-state index is 10.9. The van der Waals surface area contributed by atoms with Crippen LogP contribution < -0.4 is 10.1 Å². The fourth-order valence-electron chi connectivity index (χ4n) is 1.34. The molecule has 1 amide bonds. The van der Waals surface area contributed by atoms with Gasteiger partial charge in [0.25, 0.3) is 0 Å². The fraction of sp³-hybridized carbons (Fsp3) is 0.444. The first-order valence-electron chi connectivity index (χ1n) is 4.54. The Morgan fingerprint density at radius 2 is 2.29 bits per heavy atom. The lowest BCUT2D eigenvalue weighted by atomic mass is 10.2. The highest BCUT2D eigenvalue weighted by Gasteiger charge is 2.21. The van der Waals surface area contributed by atoms with E-state index in [1.807, 2.05) is 0 Å². The number of hydrogen-bond acceptors (Lipinski definition) is 4. The van der Waals surface area contributed by atoms with E-state index >= 15 is 0 Å². The van der Waals surface area contributed by atoms with Gasteiger partial charge >= 0.3 is 6.01 Å². The minimum absolute atomic E-state index is 0.0904. The molecule has 1 aliphatic rings. The number of carbonyl (C=O) groups excluding carboxylic acids is 1. The van der Waals surface area contributed by atoms with Crippen LogP contribution in [-0.2, 0) is 4.79 Å². The Balaban J connectivity index is 1.80. The minimum atomic E-state index is 0.0904. The van der Waals surface area contributed by atoms with Crippen LogP contribution in [0.5, 0.6) is 6.01 Å². The minimum Gasteiger partial charge on any atom is -0.461 e. The van der Waals surface area contributed by atoms with Crippen LogP contribution in [0.25, 0.3) is 0 Å². The molecule has 2 rings (SSSR count). The molecule has 1 aliphatic heterocycles. The summed E-state index contributed by atoms with van der Waals surface area (Å²) in [5, 5.41) is 2.80. The normalized spacial score (nSPS) is 20.6. The molecule has 1 atom stereocenters. The number of aromatic nitrogens is 2. The zero-order chi connectivity index (χ0) is 9.80. The quantitative estimate of drug-likeness (QED) is 0.741. The van der Waals surface area contributed by atoms with E-state index in [2.05, 4.69) is 15.3 Å². The summed E-state index contributed by atoms with van der Waals surface area (Å²) in [4.78, 5) is 18.7. The molecule has 1 fully saturated rings. The van der Waals surface area contributed by atoms with Gasteiger partial charge in [0.1, 0.15) is 6.61 Å². The average Bonchev–Trinajstić information content (AvgIpc) is 2.63. The molecule has 14 heavy (non-hydrogen) atoms. The van der Waals surface area contributed by atoms with Crippen molar-refractivity contribution < 1.29 is 9.53 Å². The van der Waals surface area contributed by atoms with Crippen molar-refractivity contribution >= 4 is 5.91 Å². The van der Waals surface area contributed by atoms with Gasteiger partial charge in [0, 0.05) is 18.8 Å². The summed E-state index contributed by atoms with van der Waals surface area (Å²) in [5.41, 5.74) is 0. The van der Waals surface area contributed by atoms with Gasteiger partial charge in [0.05, 0.1) is 6.04 Å². The molecule has 0 aliphatic carbocycles. The first-order valence-corrected chi connectivity index (χ1v) is 4.54. The van der Waals surface area contributed by atoms with Crippen molar-refractivity contribution in [3.05, 3.63) is 18.5 Å². The number of amides is 1. The summed E-state index contributed by atoms with van der Waals surface area (Å²) in [7, 11) is 0. The number of nitrogens with one attached hydrogen (secondary N) is 1. The molecule has 1 aromatic rings. The van der Waals surface area contributed by atoms with E-state index in [9.17, 15) is 4.79 Å². The van der Waals surface area contributed by atoms with Crippen LogP contribution in [0, 0.1) is 0 Å². The highest BCUT2D eigenvalue weighted by Crippen LogP contribution is 2.07. The molecule has 1 saturated heterocycles. The summed E-state index contributed by atoms with van der Waals surface area (Å²) < 4.78 is 5.30. The van der Waals surface area contributed by atoms with Crippen LogP contribution in [-0.4, -0.2) is 28.5 Å². The molecule has 5 heteroatoms. The maximum absolute atomic E-state index is 10.9. The highest BCUT2D eigenvalue weighted by atomic mass is 16.5. The van der Waals surface area contributed by atoms with Crippen LogP contribution >= 0.6 is 0 Å². The van der Waals surface area contributed by atoms with Gasteiger partial charge in [-0.1, -0.05) is 0 Å². The maximum Gasteiger partial charge on any atom is 0.316 e. The van der Waals surface area contributed by atoms with Crippen LogP contribution in [0.1, 0.15) is 12.8 Å². The molecule has 0 radical (unpaired) electrons. The highest BCUT2D eigenvalue weighted by molar-refractivity contribution is 5.78. The van der Waals surface area contributed by atoms with E-state index in [0.717, 1.165) is 6.42 Å². The molecule has 0 saturated carbocycles. The van der Waals surface area contributed by atoms with Gasteiger partial charge in [-0.05, 0) is 12.5 Å². The Morgan fingerprint density at radius 3 is 2.93 bits per heavy atom. The van der Waals surface area contributed by atoms with Crippen molar-refractivity contribution in [2.75, 3.05) is 6.61 Å². The van der Waals surface area contributed by atoms with Gasteiger partial charge in [-0.15, -0.1) is 0 Å². The van der Waals surface area contributed by atoms with E-state index < -0.39 is 0 Å². The van der Waals surface area contributed by atoms with E-state index in [4.69, 9.17) is 4.74 Å². The fourth-order valence-corrected chi connectivity index (χ4v) is 1.34. The first kappa shape index (κ1) is 8.93. The van der Waals surface area contributed by atoms with Crippen molar-refractivity contribution in [3.8, 4) is 6.01 Å². The Labute approximate surface area is 81.5 Å². The molecule has 0 spiro atoms. The largest absolute Gasteiger partial charge is 0.461 e. The van der Waals surface area contributed by atoms with E-state index in [1.165, 1.54) is 0 Å². The number of hydrogen-bond donors (Lipinski definition) is 1. The van der Waals surface area contributed by atoms with Gasteiger partial charge in [0.15, 0.2) is 0 Å². The molecular weight excluding hydrogens is 182 g/mol. The Kier molecular flexibility index (Phi) is 2.58. The van der Waals surface area contributed by atoms with Crippen LogP contribution in [0.2, 0.25) is 0 Å². The monoisotopic (exact) mass is 193 g/mol. The van der Waals surface area contributed by atoms with Crippen molar-refractivity contribution in [3.63, 3.8) is 0 Å². The van der Waals surface area contributed by atoms with Gasteiger partial charge in [-0.2, -0.15) is 0 Å². The Morgan fingerprint density at radius 1 is 1.50 bits per heavy atom. The molecule has 0 aromatic carbocycles. The third-order valence-corrected chi connectivity index (χ3v) is 2.04. The standard InChI is InChI=1S/C9H11N3O2/c13-8-3-2-7(12-8)6-14-9-10-4-1-5-11-9/h1,4-5,7H,2-3,6H2,(H,12,13). The second-order valence-electron chi connectivity index (χ2n) is 3.15. The summed E-state index contributed by atoms with van der Waals surface area (Å²) in [5.74, 6) is 0.0904. The second kappa shape index (κ2) is 4.04. The number of rotatable bonds is 3. The second-order valence-corrected chi connectivity index (χ2v) is 3.15. The van der Waals surface area contributed by atoms with Crippen molar-refractivity contribution in [1.82, 2.24) is 15.3 Å². The molecule has 74 valence electrons. The third-order valence-electron chi connectivity index (χ3n) is 2.04. The van der Waals surface area contributed by atoms with Crippen LogP contribution in [0.3, 0.4) is 0 Å². The first-order chi connectivity index (χ1) is 6.84. The SMILES string of the molecule is O=C1CCC(COc2ncccn2)N1. The molecule has 0 bridgehead atoms. The number of nitrogens with zero attached hydrogens (tertiary/aromatic N) is 2. The topological polar surface area (TPSA) is 64.1 Å². The Bertz CT molecular complexity index is 315. The van der Waals surface area contributed by atoms with Crippen molar-refractivity contribution in [2.24, 2.45) is 0 Å². The number of carbonyl (C=O) groups is 1. The van der Waals surface area contributed by atoms with Gasteiger partial charge in [-0.3, -0.25) is 4.79 Å². The zero-order valence-electron chi connectivity index (χ0n) is 7.64. The summed E-state index contributed by atoms with van der Waals surface area (Å²) >= 11 is 0. The molecule has 1 aromatic heterocycles. The van der Waals surface area contributed by atoms with Crippen LogP contribution in [0.15, 0.2) is 18.5 Å². The summed E-state index contributed by atoms with van der Waals surface area (Å²) in [6.07, 6.45) is 4.65. The van der Waals surface area contributed by atoms with Gasteiger partial charge < -0.3 is 10.1 Å². The van der Waals surface area contributed by atoms with Crippen LogP contribution in [0.4, 0.5) is 0 Å². The van der Waals surface area contributed by atoms with Gasteiger partial charge in [0.2, 0.25) is 5.91 Å². The summed E-state index contributed by atoms with van der Waals surface area (Å²) in [6.45, 7) is 0.440. The molecule has 5 nitrogen and oxygen atoms in total. The summed E-state index contributed by atoms with van der Waals surface area (Å²) in [6, 6.07) is 2.18. The molecule has 1 N–H and O–H groups in total. The van der Waals surface area contributed by atoms with Crippen molar-refractivity contribution in [2.45, 2.75) is 18.9 Å². The predicted molar refractivity (Wildman–Crippen MR) is 48.7 cm³/mol.